The van der Waals surface area contributed by atoms with Gasteiger partial charge < -0.3 is 4.74 Å². The molecule has 0 fully saturated rings. The van der Waals surface area contributed by atoms with Crippen molar-refractivity contribution in [2.45, 2.75) is 18.4 Å². The maximum Gasteiger partial charge on any atom is 0.387 e. The summed E-state index contributed by atoms with van der Waals surface area (Å²) < 4.78 is 61.5. The predicted octanol–water partition coefficient (Wildman–Crippen LogP) is 2.25. The molecule has 15 heavy (non-hydrogen) atoms. The Labute approximate surface area is 84.7 Å². The van der Waals surface area contributed by atoms with Gasteiger partial charge >= 0.3 is 16.8 Å². The average Bonchev–Trinajstić information content (AvgIpc) is 2.05. The van der Waals surface area contributed by atoms with Crippen LogP contribution in [0.4, 0.5) is 12.7 Å². The normalized spacial score (nSPS) is 11.8. The van der Waals surface area contributed by atoms with Gasteiger partial charge in [0.05, 0.1) is 0 Å². The number of ether oxygens (including phenoxy) is 1. The van der Waals surface area contributed by atoms with Crippen LogP contribution in [0.15, 0.2) is 23.1 Å². The SMILES string of the molecule is Cc1c(OC(F)F)cccc1S(=O)(=O)F. The third-order valence-electron chi connectivity index (χ3n) is 1.71. The molecule has 3 nitrogen and oxygen atoms in total. The minimum Gasteiger partial charge on any atom is -0.435 e. The summed E-state index contributed by atoms with van der Waals surface area (Å²) in [7, 11) is -4.92. The molecule has 0 aliphatic carbocycles. The monoisotopic (exact) mass is 240 g/mol. The lowest BCUT2D eigenvalue weighted by Crippen LogP contribution is -2.05. The van der Waals surface area contributed by atoms with Crippen molar-refractivity contribution in [3.8, 4) is 5.75 Å². The molecule has 1 rings (SSSR count). The first-order chi connectivity index (χ1) is 6.82. The molecular formula is C8H7F3O3S. The van der Waals surface area contributed by atoms with Gasteiger partial charge in [-0.25, -0.2) is 0 Å². The van der Waals surface area contributed by atoms with Crippen LogP contribution in [0, 0.1) is 6.92 Å². The van der Waals surface area contributed by atoms with Gasteiger partial charge in [-0.3, -0.25) is 0 Å². The fourth-order valence-corrected chi connectivity index (χ4v) is 1.79. The Balaban J connectivity index is 3.24. The Morgan fingerprint density at radius 1 is 1.33 bits per heavy atom. The number of hydrogen-bond acceptors (Lipinski definition) is 3. The molecule has 0 spiro atoms. The van der Waals surface area contributed by atoms with Crippen LogP contribution in [0.2, 0.25) is 0 Å². The van der Waals surface area contributed by atoms with E-state index >= 15 is 0 Å². The number of hydrogen-bond donors (Lipinski definition) is 0. The number of alkyl halides is 2. The molecule has 0 aliphatic heterocycles. The van der Waals surface area contributed by atoms with Crippen LogP contribution in [0.5, 0.6) is 5.75 Å². The van der Waals surface area contributed by atoms with E-state index in [4.69, 9.17) is 0 Å². The molecule has 1 aromatic carbocycles. The molecule has 0 heterocycles. The van der Waals surface area contributed by atoms with Crippen LogP contribution in [0.1, 0.15) is 5.56 Å². The zero-order valence-corrected chi connectivity index (χ0v) is 8.39. The Kier molecular flexibility index (Phi) is 3.23. The highest BCUT2D eigenvalue weighted by molar-refractivity contribution is 7.86. The maximum atomic E-state index is 12.6. The molecule has 0 saturated carbocycles. The fourth-order valence-electron chi connectivity index (χ4n) is 1.08. The number of rotatable bonds is 3. The largest absolute Gasteiger partial charge is 0.435 e. The smallest absolute Gasteiger partial charge is 0.387 e. The summed E-state index contributed by atoms with van der Waals surface area (Å²) in [5.41, 5.74) is -0.180. The Morgan fingerprint density at radius 3 is 2.40 bits per heavy atom. The van der Waals surface area contributed by atoms with Gasteiger partial charge in [-0.05, 0) is 19.1 Å². The first-order valence-electron chi connectivity index (χ1n) is 3.81. The minimum absolute atomic E-state index is 0.180. The topological polar surface area (TPSA) is 43.4 Å². The van der Waals surface area contributed by atoms with Gasteiger partial charge in [0.15, 0.2) is 0 Å². The van der Waals surface area contributed by atoms with Crippen LogP contribution < -0.4 is 4.74 Å². The average molecular weight is 240 g/mol. The van der Waals surface area contributed by atoms with Crippen LogP contribution in [-0.4, -0.2) is 15.0 Å². The van der Waals surface area contributed by atoms with Crippen molar-refractivity contribution in [1.29, 1.82) is 0 Å². The van der Waals surface area contributed by atoms with E-state index in [0.29, 0.717) is 0 Å². The highest BCUT2D eigenvalue weighted by Gasteiger charge is 2.18. The molecule has 0 radical (unpaired) electrons. The lowest BCUT2D eigenvalue weighted by atomic mass is 10.2. The first kappa shape index (κ1) is 11.8. The molecule has 0 aromatic heterocycles. The molecular weight excluding hydrogens is 233 g/mol. The number of halogens is 3. The van der Waals surface area contributed by atoms with E-state index in [1.165, 1.54) is 6.92 Å². The molecule has 84 valence electrons. The molecule has 0 saturated heterocycles. The van der Waals surface area contributed by atoms with Crippen molar-refractivity contribution in [2.24, 2.45) is 0 Å². The number of benzene rings is 1. The van der Waals surface area contributed by atoms with E-state index in [1.54, 1.807) is 0 Å². The Bertz CT molecular complexity index is 456. The zero-order valence-electron chi connectivity index (χ0n) is 7.58. The molecule has 0 amide bonds. The lowest BCUT2D eigenvalue weighted by Gasteiger charge is -2.09. The molecule has 7 heteroatoms. The second kappa shape index (κ2) is 4.09. The van der Waals surface area contributed by atoms with Crippen molar-refractivity contribution in [3.05, 3.63) is 23.8 Å². The van der Waals surface area contributed by atoms with Crippen molar-refractivity contribution < 1.29 is 25.8 Å². The van der Waals surface area contributed by atoms with Crippen molar-refractivity contribution in [2.75, 3.05) is 0 Å². The predicted molar refractivity (Wildman–Crippen MR) is 46.1 cm³/mol. The van der Waals surface area contributed by atoms with Gasteiger partial charge in [-0.2, -0.15) is 17.2 Å². The van der Waals surface area contributed by atoms with Gasteiger partial charge in [0.25, 0.3) is 0 Å². The van der Waals surface area contributed by atoms with Crippen LogP contribution in [0.25, 0.3) is 0 Å². The minimum atomic E-state index is -4.92. The van der Waals surface area contributed by atoms with E-state index in [2.05, 4.69) is 4.74 Å². The second-order valence-electron chi connectivity index (χ2n) is 2.70. The second-order valence-corrected chi connectivity index (χ2v) is 4.01. The van der Waals surface area contributed by atoms with Gasteiger partial charge in [-0.1, -0.05) is 6.07 Å². The zero-order chi connectivity index (χ0) is 11.6. The van der Waals surface area contributed by atoms with Crippen LogP contribution in [0.3, 0.4) is 0 Å². The van der Waals surface area contributed by atoms with E-state index in [-0.39, 0.29) is 11.3 Å². The Hall–Kier alpha value is -1.24. The molecule has 1 aromatic rings. The summed E-state index contributed by atoms with van der Waals surface area (Å²) in [6, 6.07) is 3.23. The van der Waals surface area contributed by atoms with Gasteiger partial charge in [0, 0.05) is 5.56 Å². The van der Waals surface area contributed by atoms with E-state index in [1.807, 2.05) is 0 Å². The summed E-state index contributed by atoms with van der Waals surface area (Å²) >= 11 is 0. The molecule has 0 N–H and O–H groups in total. The summed E-state index contributed by atoms with van der Waals surface area (Å²) in [5, 5.41) is 0. The summed E-state index contributed by atoms with van der Waals surface area (Å²) in [4.78, 5) is -0.666. The first-order valence-corrected chi connectivity index (χ1v) is 5.20. The fraction of sp³-hybridized carbons (Fsp3) is 0.250. The van der Waals surface area contributed by atoms with E-state index in [0.717, 1.165) is 18.2 Å². The van der Waals surface area contributed by atoms with Gasteiger partial charge in [0.1, 0.15) is 10.6 Å². The quantitative estimate of drug-likeness (QED) is 0.761. The lowest BCUT2D eigenvalue weighted by molar-refractivity contribution is -0.0504. The van der Waals surface area contributed by atoms with Crippen LogP contribution >= 0.6 is 0 Å². The summed E-state index contributed by atoms with van der Waals surface area (Å²) in [5.74, 6) is -0.358. The van der Waals surface area contributed by atoms with Crippen molar-refractivity contribution in [1.82, 2.24) is 0 Å². The highest BCUT2D eigenvalue weighted by Crippen LogP contribution is 2.27. The molecule has 0 unspecified atom stereocenters. The third-order valence-corrected chi connectivity index (χ3v) is 2.68. The van der Waals surface area contributed by atoms with Gasteiger partial charge in [0.2, 0.25) is 0 Å². The highest BCUT2D eigenvalue weighted by atomic mass is 32.3. The molecule has 0 bridgehead atoms. The van der Waals surface area contributed by atoms with Gasteiger partial charge in [-0.15, -0.1) is 3.89 Å². The van der Waals surface area contributed by atoms with Crippen molar-refractivity contribution in [3.63, 3.8) is 0 Å². The summed E-state index contributed by atoms with van der Waals surface area (Å²) in [6.45, 7) is -1.90. The summed E-state index contributed by atoms with van der Waals surface area (Å²) in [6.07, 6.45) is 0. The van der Waals surface area contributed by atoms with E-state index in [9.17, 15) is 21.1 Å². The Morgan fingerprint density at radius 2 is 1.93 bits per heavy atom. The van der Waals surface area contributed by atoms with E-state index < -0.39 is 21.7 Å². The standard InChI is InChI=1S/C8H7F3O3S/c1-5-6(14-8(9)10)3-2-4-7(5)15(11,12)13/h2-4,8H,1H3. The van der Waals surface area contributed by atoms with Crippen molar-refractivity contribution >= 4 is 10.2 Å². The third kappa shape index (κ3) is 2.85. The molecule has 0 aliphatic rings. The van der Waals surface area contributed by atoms with Crippen LogP contribution in [-0.2, 0) is 10.2 Å². The maximum absolute atomic E-state index is 12.6. The molecule has 0 atom stereocenters.